The van der Waals surface area contributed by atoms with Crippen molar-refractivity contribution >= 4 is 29.2 Å². The average Bonchev–Trinajstić information content (AvgIpc) is 2.83. The van der Waals surface area contributed by atoms with Gasteiger partial charge in [-0.25, -0.2) is 13.2 Å². The van der Waals surface area contributed by atoms with Gasteiger partial charge in [-0.15, -0.1) is 9.32 Å². The molecule has 0 spiro atoms. The fraction of sp³-hybridized carbons (Fsp3) is 0.167. The van der Waals surface area contributed by atoms with Gasteiger partial charge in [0.15, 0.2) is 5.60 Å². The molecule has 142 valence electrons. The van der Waals surface area contributed by atoms with Crippen molar-refractivity contribution in [3.8, 4) is 0 Å². The Balaban J connectivity index is 2.13. The van der Waals surface area contributed by atoms with Gasteiger partial charge in [-0.3, -0.25) is 4.79 Å². The van der Waals surface area contributed by atoms with E-state index in [2.05, 4.69) is 9.32 Å². The van der Waals surface area contributed by atoms with Crippen molar-refractivity contribution in [3.05, 3.63) is 65.0 Å². The molecule has 27 heavy (non-hydrogen) atoms. The number of rotatable bonds is 5. The molecule has 0 saturated heterocycles. The normalized spacial score (nSPS) is 16.0. The van der Waals surface area contributed by atoms with E-state index in [0.29, 0.717) is 18.1 Å². The van der Waals surface area contributed by atoms with Gasteiger partial charge in [0.05, 0.1) is 22.5 Å². The highest BCUT2D eigenvalue weighted by Gasteiger charge is 2.43. The van der Waals surface area contributed by atoms with E-state index >= 15 is 0 Å². The molecule has 0 saturated carbocycles. The second-order valence-electron chi connectivity index (χ2n) is 6.20. The third kappa shape index (κ3) is 3.86. The molecule has 2 aromatic rings. The van der Waals surface area contributed by atoms with Crippen molar-refractivity contribution < 1.29 is 32.0 Å². The average molecular weight is 397 g/mol. The van der Waals surface area contributed by atoms with E-state index in [4.69, 9.17) is 10.6 Å². The summed E-state index contributed by atoms with van der Waals surface area (Å²) in [4.78, 5) is 16.7. The molecule has 1 aliphatic heterocycles. The van der Waals surface area contributed by atoms with Crippen LogP contribution in [0.15, 0.2) is 41.3 Å². The summed E-state index contributed by atoms with van der Waals surface area (Å²) in [5, 5.41) is 0. The van der Waals surface area contributed by atoms with Crippen LogP contribution in [0.5, 0.6) is 0 Å². The third-order valence-electron chi connectivity index (χ3n) is 3.87. The van der Waals surface area contributed by atoms with Gasteiger partial charge >= 0.3 is 0 Å². The van der Waals surface area contributed by atoms with E-state index in [0.717, 1.165) is 18.2 Å². The molecule has 1 heterocycles. The van der Waals surface area contributed by atoms with Gasteiger partial charge in [0, 0.05) is 11.6 Å². The summed E-state index contributed by atoms with van der Waals surface area (Å²) in [5.74, 6) is 1.90. The Morgan fingerprint density at radius 1 is 1.04 bits per heavy atom. The highest BCUT2D eigenvalue weighted by Crippen LogP contribution is 2.42. The molecule has 3 rings (SSSR count). The highest BCUT2D eigenvalue weighted by atomic mass is 32.2. The first-order valence-corrected chi connectivity index (χ1v) is 8.41. The van der Waals surface area contributed by atoms with Crippen LogP contribution in [0.2, 0.25) is 0 Å². The van der Waals surface area contributed by atoms with Gasteiger partial charge in [0.1, 0.15) is 23.2 Å². The van der Waals surface area contributed by atoms with Crippen LogP contribution in [0, 0.1) is 17.5 Å². The zero-order valence-corrected chi connectivity index (χ0v) is 15.0. The number of nitrogens with two attached hydrogens (primary N) is 1. The number of ether oxygens (including phenoxy) is 1. The fourth-order valence-corrected chi connectivity index (χ4v) is 3.06. The lowest BCUT2D eigenvalue weighted by Gasteiger charge is -2.18. The number of hydrogen-bond acceptors (Lipinski definition) is 6. The second kappa shape index (κ2) is 7.35. The molecule has 5 nitrogen and oxygen atoms in total. The van der Waals surface area contributed by atoms with Gasteiger partial charge in [-0.1, -0.05) is 0 Å². The van der Waals surface area contributed by atoms with Crippen molar-refractivity contribution in [1.29, 1.82) is 0 Å². The Hall–Kier alpha value is -2.33. The summed E-state index contributed by atoms with van der Waals surface area (Å²) in [6.07, 6.45) is 0. The molecule has 0 aliphatic carbocycles. The Bertz CT molecular complexity index is 926. The molecule has 0 amide bonds. The Morgan fingerprint density at radius 3 is 2.30 bits per heavy atom. The summed E-state index contributed by atoms with van der Waals surface area (Å²) in [7, 11) is 0. The molecule has 0 radical (unpaired) electrons. The summed E-state index contributed by atoms with van der Waals surface area (Å²) in [6.45, 7) is 3.04. The molecule has 1 aliphatic rings. The van der Waals surface area contributed by atoms with E-state index in [1.165, 1.54) is 26.0 Å². The third-order valence-corrected chi connectivity index (χ3v) is 4.52. The molecule has 2 N–H and O–H groups in total. The van der Waals surface area contributed by atoms with E-state index in [1.54, 1.807) is 0 Å². The molecule has 2 aromatic carbocycles. The van der Waals surface area contributed by atoms with Gasteiger partial charge in [0.25, 0.3) is 0 Å². The quantitative estimate of drug-likeness (QED) is 0.464. The SMILES string of the molecule is CC1(C)OC(c2ccc(SOON)c(F)c2)=C(c2cc(F)cc(F)c2)C1=O. The minimum atomic E-state index is -1.27. The Labute approximate surface area is 157 Å². The van der Waals surface area contributed by atoms with Crippen molar-refractivity contribution in [1.82, 2.24) is 0 Å². The predicted octanol–water partition coefficient (Wildman–Crippen LogP) is 4.18. The first-order valence-electron chi connectivity index (χ1n) is 7.67. The maximum absolute atomic E-state index is 14.3. The number of carbonyl (C=O) groups excluding carboxylic acids is 1. The zero-order chi connectivity index (χ0) is 19.8. The van der Waals surface area contributed by atoms with Crippen LogP contribution < -0.4 is 5.90 Å². The molecule has 9 heteroatoms. The minimum absolute atomic E-state index is 0.0109. The van der Waals surface area contributed by atoms with Gasteiger partial charge in [0.2, 0.25) is 5.78 Å². The van der Waals surface area contributed by atoms with E-state index in [-0.39, 0.29) is 27.4 Å². The standard InChI is InChI=1S/C18H14F3NO4S/c1-18(2)17(23)15(10-5-11(19)8-12(20)6-10)16(24-18)9-3-4-14(13(21)7-9)27-26-25-22/h3-8H,22H2,1-2H3. The predicted molar refractivity (Wildman–Crippen MR) is 92.0 cm³/mol. The van der Waals surface area contributed by atoms with Crippen molar-refractivity contribution in [2.45, 2.75) is 24.3 Å². The Kier molecular flexibility index (Phi) is 5.29. The second-order valence-corrected chi connectivity index (χ2v) is 6.94. The number of hydrogen-bond donors (Lipinski definition) is 1. The fourth-order valence-electron chi connectivity index (χ4n) is 2.69. The molecule has 0 atom stereocenters. The number of benzene rings is 2. The largest absolute Gasteiger partial charge is 0.478 e. The number of carbonyl (C=O) groups is 1. The number of halogens is 3. The topological polar surface area (TPSA) is 70.8 Å². The monoisotopic (exact) mass is 397 g/mol. The lowest BCUT2D eigenvalue weighted by molar-refractivity contribution is -0.195. The van der Waals surface area contributed by atoms with Crippen molar-refractivity contribution in [2.24, 2.45) is 5.90 Å². The van der Waals surface area contributed by atoms with Crippen LogP contribution in [-0.2, 0) is 18.9 Å². The molecular formula is C18H14F3NO4S. The first-order chi connectivity index (χ1) is 12.7. The van der Waals surface area contributed by atoms with Gasteiger partial charge in [-0.05, 0) is 49.7 Å². The first kappa shape index (κ1) is 19.4. The van der Waals surface area contributed by atoms with Gasteiger partial charge < -0.3 is 4.74 Å². The van der Waals surface area contributed by atoms with Gasteiger partial charge in [-0.2, -0.15) is 5.90 Å². The van der Waals surface area contributed by atoms with Crippen LogP contribution in [0.4, 0.5) is 13.2 Å². The summed E-state index contributed by atoms with van der Waals surface area (Å²) in [5.41, 5.74) is -1.06. The highest BCUT2D eigenvalue weighted by molar-refractivity contribution is 7.94. The number of Topliss-reactive ketones (excluding diaryl/α,β-unsaturated/α-hetero) is 1. The zero-order valence-electron chi connectivity index (χ0n) is 14.2. The Morgan fingerprint density at radius 2 is 1.70 bits per heavy atom. The van der Waals surface area contributed by atoms with E-state index in [1.807, 2.05) is 0 Å². The lowest BCUT2D eigenvalue weighted by Crippen LogP contribution is -2.29. The summed E-state index contributed by atoms with van der Waals surface area (Å²) in [6, 6.07) is 6.69. The molecule has 0 fully saturated rings. The van der Waals surface area contributed by atoms with Crippen LogP contribution in [0.3, 0.4) is 0 Å². The number of ketones is 1. The lowest BCUT2D eigenvalue weighted by atomic mass is 9.92. The maximum atomic E-state index is 14.3. The van der Waals surface area contributed by atoms with Crippen LogP contribution in [0.1, 0.15) is 25.0 Å². The van der Waals surface area contributed by atoms with Crippen LogP contribution in [0.25, 0.3) is 11.3 Å². The maximum Gasteiger partial charge on any atom is 0.210 e. The van der Waals surface area contributed by atoms with Crippen molar-refractivity contribution in [2.75, 3.05) is 0 Å². The van der Waals surface area contributed by atoms with Crippen LogP contribution >= 0.6 is 12.0 Å². The molecule has 0 unspecified atom stereocenters. The van der Waals surface area contributed by atoms with Crippen LogP contribution in [-0.4, -0.2) is 11.4 Å². The molecule has 0 aromatic heterocycles. The van der Waals surface area contributed by atoms with E-state index < -0.39 is 28.8 Å². The summed E-state index contributed by atoms with van der Waals surface area (Å²) >= 11 is 0.554. The molecular weight excluding hydrogens is 383 g/mol. The minimum Gasteiger partial charge on any atom is -0.478 e. The van der Waals surface area contributed by atoms with E-state index in [9.17, 15) is 18.0 Å². The van der Waals surface area contributed by atoms with Crippen molar-refractivity contribution in [3.63, 3.8) is 0 Å². The molecule has 0 bridgehead atoms. The summed E-state index contributed by atoms with van der Waals surface area (Å²) < 4.78 is 51.7. The smallest absolute Gasteiger partial charge is 0.210 e.